The molecule has 2 N–H and O–H groups in total. The molecule has 0 radical (unpaired) electrons. The van der Waals surface area contributed by atoms with E-state index >= 15 is 0 Å². The number of hydrogen-bond acceptors (Lipinski definition) is 5. The Labute approximate surface area is 162 Å². The lowest BCUT2D eigenvalue weighted by Gasteiger charge is -2.27. The number of nitrogens with zero attached hydrogens (tertiary/aromatic N) is 2. The molecule has 1 aliphatic rings. The van der Waals surface area contributed by atoms with Crippen LogP contribution < -0.4 is 5.73 Å². The maximum Gasteiger partial charge on any atom is 0.253 e. The SMILES string of the molecule is Cc1ccc(C(=O)N(C)CCC(N)C(C)C)cc1S(=O)(=O)N1CCOCC1. The molecular formula is C19H31N3O4S. The summed E-state index contributed by atoms with van der Waals surface area (Å²) >= 11 is 0. The lowest BCUT2D eigenvalue weighted by Crippen LogP contribution is -2.41. The standard InChI is InChI=1S/C19H31N3O4S/c1-14(2)17(20)7-8-21(4)19(23)16-6-5-15(3)18(13-16)27(24,25)22-9-11-26-12-10-22/h5-6,13-14,17H,7-12,20H2,1-4H3. The Morgan fingerprint density at radius 3 is 2.52 bits per heavy atom. The van der Waals surface area contributed by atoms with E-state index in [2.05, 4.69) is 13.8 Å². The quantitative estimate of drug-likeness (QED) is 0.752. The van der Waals surface area contributed by atoms with Gasteiger partial charge in [-0.05, 0) is 37.0 Å². The molecule has 1 atom stereocenters. The van der Waals surface area contributed by atoms with E-state index < -0.39 is 10.0 Å². The van der Waals surface area contributed by atoms with Crippen molar-refractivity contribution in [1.82, 2.24) is 9.21 Å². The second-order valence-corrected chi connectivity index (χ2v) is 9.33. The fraction of sp³-hybridized carbons (Fsp3) is 0.632. The van der Waals surface area contributed by atoms with Crippen molar-refractivity contribution >= 4 is 15.9 Å². The monoisotopic (exact) mass is 397 g/mol. The number of aryl methyl sites for hydroxylation is 1. The summed E-state index contributed by atoms with van der Waals surface area (Å²) in [5, 5.41) is 0. The van der Waals surface area contributed by atoms with Gasteiger partial charge in [-0.1, -0.05) is 19.9 Å². The zero-order valence-electron chi connectivity index (χ0n) is 16.6. The van der Waals surface area contributed by atoms with Crippen molar-refractivity contribution in [3.05, 3.63) is 29.3 Å². The second kappa shape index (κ2) is 9.14. The van der Waals surface area contributed by atoms with E-state index in [9.17, 15) is 13.2 Å². The summed E-state index contributed by atoms with van der Waals surface area (Å²) in [7, 11) is -1.94. The summed E-state index contributed by atoms with van der Waals surface area (Å²) in [6.07, 6.45) is 0.699. The van der Waals surface area contributed by atoms with E-state index in [0.717, 1.165) is 0 Å². The molecule has 7 nitrogen and oxygen atoms in total. The number of carbonyl (C=O) groups excluding carboxylic acids is 1. The molecule has 1 fully saturated rings. The van der Waals surface area contributed by atoms with Gasteiger partial charge in [0.2, 0.25) is 10.0 Å². The van der Waals surface area contributed by atoms with Crippen LogP contribution in [0.3, 0.4) is 0 Å². The molecule has 0 aromatic heterocycles. The lowest BCUT2D eigenvalue weighted by atomic mass is 10.0. The first-order chi connectivity index (χ1) is 12.6. The molecule has 152 valence electrons. The van der Waals surface area contributed by atoms with Crippen LogP contribution in [0.4, 0.5) is 0 Å². The second-order valence-electron chi connectivity index (χ2n) is 7.42. The first kappa shape index (κ1) is 21.8. The van der Waals surface area contributed by atoms with E-state index in [1.54, 1.807) is 31.0 Å². The van der Waals surface area contributed by atoms with Crippen molar-refractivity contribution < 1.29 is 17.9 Å². The fourth-order valence-corrected chi connectivity index (χ4v) is 4.59. The van der Waals surface area contributed by atoms with Gasteiger partial charge in [-0.25, -0.2) is 8.42 Å². The highest BCUT2D eigenvalue weighted by Gasteiger charge is 2.28. The summed E-state index contributed by atoms with van der Waals surface area (Å²) in [4.78, 5) is 14.5. The number of rotatable bonds is 7. The van der Waals surface area contributed by atoms with Crippen LogP contribution in [0.25, 0.3) is 0 Å². The number of sulfonamides is 1. The van der Waals surface area contributed by atoms with Gasteiger partial charge in [0.1, 0.15) is 0 Å². The topological polar surface area (TPSA) is 92.9 Å². The Morgan fingerprint density at radius 1 is 1.30 bits per heavy atom. The predicted molar refractivity (Wildman–Crippen MR) is 105 cm³/mol. The summed E-state index contributed by atoms with van der Waals surface area (Å²) in [5.74, 6) is 0.141. The van der Waals surface area contributed by atoms with Crippen LogP contribution in [-0.4, -0.2) is 69.5 Å². The van der Waals surface area contributed by atoms with E-state index in [-0.39, 0.29) is 16.8 Å². The van der Waals surface area contributed by atoms with Crippen molar-refractivity contribution in [2.24, 2.45) is 11.7 Å². The van der Waals surface area contributed by atoms with Gasteiger partial charge >= 0.3 is 0 Å². The summed E-state index contributed by atoms with van der Waals surface area (Å²) in [6, 6.07) is 4.88. The Hall–Kier alpha value is -1.48. The van der Waals surface area contributed by atoms with Gasteiger partial charge in [0, 0.05) is 38.3 Å². The first-order valence-corrected chi connectivity index (χ1v) is 10.8. The van der Waals surface area contributed by atoms with Crippen molar-refractivity contribution in [2.45, 2.75) is 38.1 Å². The predicted octanol–water partition coefficient (Wildman–Crippen LogP) is 1.46. The maximum atomic E-state index is 13.0. The molecule has 1 aromatic rings. The molecule has 1 amide bonds. The number of amides is 1. The molecule has 1 unspecified atom stereocenters. The minimum absolute atomic E-state index is 0.0236. The van der Waals surface area contributed by atoms with Gasteiger partial charge in [-0.2, -0.15) is 4.31 Å². The fourth-order valence-electron chi connectivity index (χ4n) is 2.94. The number of benzene rings is 1. The minimum Gasteiger partial charge on any atom is -0.379 e. The molecule has 2 rings (SSSR count). The molecule has 0 spiro atoms. The van der Waals surface area contributed by atoms with Crippen molar-refractivity contribution in [3.63, 3.8) is 0 Å². The van der Waals surface area contributed by atoms with Crippen LogP contribution >= 0.6 is 0 Å². The maximum absolute atomic E-state index is 13.0. The number of morpholine rings is 1. The average Bonchev–Trinajstić information content (AvgIpc) is 2.66. The molecular weight excluding hydrogens is 366 g/mol. The molecule has 0 aliphatic carbocycles. The van der Waals surface area contributed by atoms with Gasteiger partial charge in [0.15, 0.2) is 0 Å². The van der Waals surface area contributed by atoms with Crippen LogP contribution in [-0.2, 0) is 14.8 Å². The van der Waals surface area contributed by atoms with Crippen LogP contribution in [0.2, 0.25) is 0 Å². The van der Waals surface area contributed by atoms with E-state index in [4.69, 9.17) is 10.5 Å². The largest absolute Gasteiger partial charge is 0.379 e. The Balaban J connectivity index is 2.19. The van der Waals surface area contributed by atoms with Crippen LogP contribution in [0.15, 0.2) is 23.1 Å². The Morgan fingerprint density at radius 2 is 1.93 bits per heavy atom. The number of hydrogen-bond donors (Lipinski definition) is 1. The van der Waals surface area contributed by atoms with Crippen LogP contribution in [0, 0.1) is 12.8 Å². The highest BCUT2D eigenvalue weighted by atomic mass is 32.2. The van der Waals surface area contributed by atoms with Crippen molar-refractivity contribution in [1.29, 1.82) is 0 Å². The molecule has 1 heterocycles. The average molecular weight is 398 g/mol. The zero-order valence-corrected chi connectivity index (χ0v) is 17.5. The van der Waals surface area contributed by atoms with Crippen molar-refractivity contribution in [3.8, 4) is 0 Å². The first-order valence-electron chi connectivity index (χ1n) is 9.34. The molecule has 0 bridgehead atoms. The molecule has 27 heavy (non-hydrogen) atoms. The summed E-state index contributed by atoms with van der Waals surface area (Å²) < 4.78 is 32.6. The zero-order chi connectivity index (χ0) is 20.2. The number of ether oxygens (including phenoxy) is 1. The molecule has 1 aromatic carbocycles. The third kappa shape index (κ3) is 5.28. The highest BCUT2D eigenvalue weighted by Crippen LogP contribution is 2.23. The van der Waals surface area contributed by atoms with E-state index in [0.29, 0.717) is 56.3 Å². The van der Waals surface area contributed by atoms with E-state index in [1.165, 1.54) is 10.4 Å². The minimum atomic E-state index is -3.65. The number of carbonyl (C=O) groups is 1. The Bertz CT molecular complexity index is 758. The van der Waals surface area contributed by atoms with Crippen molar-refractivity contribution in [2.75, 3.05) is 39.9 Å². The lowest BCUT2D eigenvalue weighted by molar-refractivity contribution is 0.0730. The van der Waals surface area contributed by atoms with Crippen LogP contribution in [0.5, 0.6) is 0 Å². The smallest absolute Gasteiger partial charge is 0.253 e. The third-order valence-corrected chi connectivity index (χ3v) is 7.06. The number of nitrogens with two attached hydrogens (primary N) is 1. The van der Waals surface area contributed by atoms with E-state index in [1.807, 2.05) is 0 Å². The van der Waals surface area contributed by atoms with Crippen LogP contribution in [0.1, 0.15) is 36.2 Å². The molecule has 0 saturated carbocycles. The molecule has 1 saturated heterocycles. The third-order valence-electron chi connectivity index (χ3n) is 5.02. The van der Waals surface area contributed by atoms with Gasteiger partial charge in [0.25, 0.3) is 5.91 Å². The van der Waals surface area contributed by atoms with Gasteiger partial charge in [-0.15, -0.1) is 0 Å². The Kier molecular flexibility index (Phi) is 7.39. The van der Waals surface area contributed by atoms with Gasteiger partial charge in [-0.3, -0.25) is 4.79 Å². The van der Waals surface area contributed by atoms with Gasteiger partial charge < -0.3 is 15.4 Å². The summed E-state index contributed by atoms with van der Waals surface area (Å²) in [6.45, 7) is 7.79. The summed E-state index contributed by atoms with van der Waals surface area (Å²) in [5.41, 5.74) is 7.05. The highest BCUT2D eigenvalue weighted by molar-refractivity contribution is 7.89. The molecule has 8 heteroatoms. The normalized spacial score (nSPS) is 17.1. The van der Waals surface area contributed by atoms with Gasteiger partial charge in [0.05, 0.1) is 18.1 Å². The molecule has 1 aliphatic heterocycles.